The summed E-state index contributed by atoms with van der Waals surface area (Å²) < 4.78 is 1.47. The Morgan fingerprint density at radius 2 is 2.29 bits per heavy atom. The molecule has 0 aliphatic heterocycles. The second kappa shape index (κ2) is 6.51. The number of allylic oxidation sites excluding steroid dienone is 1. The fourth-order valence-electron chi connectivity index (χ4n) is 1.69. The quantitative estimate of drug-likeness (QED) is 0.516. The molecular weight excluding hydrogens is 310 g/mol. The molecule has 1 aromatic carbocycles. The molecule has 1 aromatic heterocycles. The van der Waals surface area contributed by atoms with Crippen LogP contribution < -0.4 is 5.56 Å². The largest absolute Gasteiger partial charge is 0.494 e. The second-order valence-corrected chi connectivity index (χ2v) is 4.96. The highest BCUT2D eigenvalue weighted by atomic mass is 35.5. The Morgan fingerprint density at radius 1 is 1.52 bits per heavy atom. The van der Waals surface area contributed by atoms with Gasteiger partial charge in [-0.3, -0.25) is 19.3 Å². The van der Waals surface area contributed by atoms with Gasteiger partial charge in [-0.1, -0.05) is 23.7 Å². The lowest BCUT2D eigenvalue weighted by molar-refractivity contribution is 0.413. The van der Waals surface area contributed by atoms with E-state index in [1.165, 1.54) is 10.8 Å². The molecule has 0 saturated carbocycles. The number of nitrogens with one attached hydrogen (secondary N) is 1. The molecule has 0 spiro atoms. The molecule has 2 N–H and O–H groups in total. The van der Waals surface area contributed by atoms with Gasteiger partial charge >= 0.3 is 0 Å². The molecule has 0 saturated heterocycles. The van der Waals surface area contributed by atoms with Crippen molar-refractivity contribution in [1.82, 2.24) is 9.55 Å². The van der Waals surface area contributed by atoms with Gasteiger partial charge in [0.1, 0.15) is 5.56 Å². The molecule has 0 unspecified atom stereocenters. The summed E-state index contributed by atoms with van der Waals surface area (Å²) in [6.45, 7) is 3.85. The van der Waals surface area contributed by atoms with E-state index in [9.17, 15) is 9.90 Å². The monoisotopic (exact) mass is 321 g/mol. The van der Waals surface area contributed by atoms with Crippen LogP contribution in [0.2, 0.25) is 5.02 Å². The highest BCUT2D eigenvalue weighted by Gasteiger charge is 2.09. The van der Waals surface area contributed by atoms with E-state index in [1.54, 1.807) is 30.3 Å². The van der Waals surface area contributed by atoms with Crippen molar-refractivity contribution in [1.29, 1.82) is 0 Å². The van der Waals surface area contributed by atoms with Crippen molar-refractivity contribution in [3.63, 3.8) is 0 Å². The number of H-pyrrole nitrogens is 1. The Labute approximate surface area is 130 Å². The maximum Gasteiger partial charge on any atom is 0.264 e. The average Bonchev–Trinajstić information content (AvgIpc) is 2.43. The Kier molecular flexibility index (Phi) is 4.72. The molecule has 0 bridgehead atoms. The first kappa shape index (κ1) is 15.2. The van der Waals surface area contributed by atoms with Crippen LogP contribution in [-0.2, 0) is 6.54 Å². The number of hydrogen-bond acceptors (Lipinski definition) is 4. The lowest BCUT2D eigenvalue weighted by Crippen LogP contribution is -2.18. The smallest absolute Gasteiger partial charge is 0.264 e. The Bertz CT molecular complexity index is 824. The van der Waals surface area contributed by atoms with Crippen LogP contribution in [0.15, 0.2) is 46.7 Å². The second-order valence-electron chi connectivity index (χ2n) is 4.13. The normalized spacial score (nSPS) is 10.9. The lowest BCUT2D eigenvalue weighted by Gasteiger charge is -2.08. The summed E-state index contributed by atoms with van der Waals surface area (Å²) in [5.41, 5.74) is 0.0769. The van der Waals surface area contributed by atoms with E-state index < -0.39 is 5.56 Å². The summed E-state index contributed by atoms with van der Waals surface area (Å²) in [5, 5.41) is 10.7. The van der Waals surface area contributed by atoms with Crippen LogP contribution >= 0.6 is 23.8 Å². The number of aliphatic imine (C=N–C) groups is 1. The molecule has 0 radical (unpaired) electrons. The maximum atomic E-state index is 11.9. The average molecular weight is 322 g/mol. The van der Waals surface area contributed by atoms with E-state index in [-0.39, 0.29) is 22.8 Å². The van der Waals surface area contributed by atoms with Gasteiger partial charge in [-0.15, -0.1) is 6.58 Å². The molecular formula is C14H12ClN3O2S. The van der Waals surface area contributed by atoms with Crippen LogP contribution in [0.25, 0.3) is 0 Å². The first-order valence-electron chi connectivity index (χ1n) is 5.99. The van der Waals surface area contributed by atoms with Gasteiger partial charge < -0.3 is 5.11 Å². The highest BCUT2D eigenvalue weighted by molar-refractivity contribution is 7.71. The maximum absolute atomic E-state index is 11.9. The summed E-state index contributed by atoms with van der Waals surface area (Å²) >= 11 is 10.8. The summed E-state index contributed by atoms with van der Waals surface area (Å²) in [6, 6.07) is 6.83. The zero-order chi connectivity index (χ0) is 15.4. The Balaban J connectivity index is 2.49. The number of rotatable bonds is 4. The number of aromatic amines is 1. The topological polar surface area (TPSA) is 70.4 Å². The van der Waals surface area contributed by atoms with Gasteiger partial charge in [0.2, 0.25) is 5.88 Å². The van der Waals surface area contributed by atoms with E-state index in [0.717, 1.165) is 0 Å². The predicted molar refractivity (Wildman–Crippen MR) is 86.5 cm³/mol. The third-order valence-corrected chi connectivity index (χ3v) is 3.23. The molecule has 0 aliphatic rings. The van der Waals surface area contributed by atoms with Gasteiger partial charge in [0, 0.05) is 17.8 Å². The summed E-state index contributed by atoms with van der Waals surface area (Å²) in [4.78, 5) is 18.5. The van der Waals surface area contributed by atoms with Crippen molar-refractivity contribution in [3.8, 4) is 5.88 Å². The number of halogens is 1. The minimum absolute atomic E-state index is 0.0189. The van der Waals surface area contributed by atoms with Crippen LogP contribution in [0.4, 0.5) is 5.69 Å². The third kappa shape index (κ3) is 3.48. The van der Waals surface area contributed by atoms with Gasteiger partial charge in [-0.25, -0.2) is 0 Å². The Hall–Kier alpha value is -2.18. The molecule has 0 fully saturated rings. The van der Waals surface area contributed by atoms with E-state index in [4.69, 9.17) is 23.8 Å². The van der Waals surface area contributed by atoms with Gasteiger partial charge in [0.15, 0.2) is 4.77 Å². The van der Waals surface area contributed by atoms with Crippen LogP contribution in [0.5, 0.6) is 5.88 Å². The van der Waals surface area contributed by atoms with Crippen LogP contribution in [-0.4, -0.2) is 20.9 Å². The molecule has 2 aromatic rings. The van der Waals surface area contributed by atoms with E-state index in [0.29, 0.717) is 10.7 Å². The van der Waals surface area contributed by atoms with E-state index >= 15 is 0 Å². The van der Waals surface area contributed by atoms with Crippen molar-refractivity contribution in [2.45, 2.75) is 6.54 Å². The number of benzene rings is 1. The zero-order valence-corrected chi connectivity index (χ0v) is 12.5. The molecule has 1 heterocycles. The van der Waals surface area contributed by atoms with Crippen molar-refractivity contribution >= 4 is 35.7 Å². The molecule has 0 amide bonds. The molecule has 21 heavy (non-hydrogen) atoms. The van der Waals surface area contributed by atoms with Crippen LogP contribution in [0.3, 0.4) is 0 Å². The van der Waals surface area contributed by atoms with Gasteiger partial charge in [0.05, 0.1) is 5.69 Å². The zero-order valence-electron chi connectivity index (χ0n) is 10.9. The van der Waals surface area contributed by atoms with Gasteiger partial charge in [0.25, 0.3) is 5.56 Å². The molecule has 0 aliphatic carbocycles. The molecule has 108 valence electrons. The SMILES string of the molecule is C=CCn1c(O)c(C=Nc2cccc(Cl)c2)c(=O)[nH]c1=S. The predicted octanol–water partition coefficient (Wildman–Crippen LogP) is 3.20. The molecule has 7 heteroatoms. The summed E-state index contributed by atoms with van der Waals surface area (Å²) in [7, 11) is 0. The van der Waals surface area contributed by atoms with Crippen molar-refractivity contribution in [3.05, 3.63) is 62.6 Å². The van der Waals surface area contributed by atoms with Crippen LogP contribution in [0.1, 0.15) is 5.56 Å². The number of nitrogens with zero attached hydrogens (tertiary/aromatic N) is 2. The van der Waals surface area contributed by atoms with E-state index in [2.05, 4.69) is 16.6 Å². The van der Waals surface area contributed by atoms with E-state index in [1.807, 2.05) is 0 Å². The minimum atomic E-state index is -0.511. The fourth-order valence-corrected chi connectivity index (χ4v) is 2.12. The number of aromatic hydroxyl groups is 1. The third-order valence-electron chi connectivity index (χ3n) is 2.67. The Morgan fingerprint density at radius 3 is 2.95 bits per heavy atom. The highest BCUT2D eigenvalue weighted by Crippen LogP contribution is 2.18. The van der Waals surface area contributed by atoms with Gasteiger partial charge in [-0.05, 0) is 30.4 Å². The standard InChI is InChI=1S/C14H12ClN3O2S/c1-2-6-18-13(20)11(12(19)17-14(18)21)8-16-10-5-3-4-9(15)7-10/h2-5,7-8,20H,1,6H2,(H,17,19,21). The lowest BCUT2D eigenvalue weighted by atomic mass is 10.3. The summed E-state index contributed by atoms with van der Waals surface area (Å²) in [5.74, 6) is -0.255. The fraction of sp³-hybridized carbons (Fsp3) is 0.0714. The molecule has 0 atom stereocenters. The van der Waals surface area contributed by atoms with Gasteiger partial charge in [-0.2, -0.15) is 0 Å². The van der Waals surface area contributed by atoms with Crippen molar-refractivity contribution in [2.24, 2.45) is 4.99 Å². The minimum Gasteiger partial charge on any atom is -0.494 e. The summed E-state index contributed by atoms with van der Waals surface area (Å²) in [6.07, 6.45) is 2.83. The molecule has 5 nitrogen and oxygen atoms in total. The molecule has 2 rings (SSSR count). The number of hydrogen-bond donors (Lipinski definition) is 2. The van der Waals surface area contributed by atoms with Crippen LogP contribution in [0, 0.1) is 4.77 Å². The first-order chi connectivity index (χ1) is 10.0. The van der Waals surface area contributed by atoms with Crippen molar-refractivity contribution < 1.29 is 5.11 Å². The van der Waals surface area contributed by atoms with Crippen molar-refractivity contribution in [2.75, 3.05) is 0 Å². The number of aromatic nitrogens is 2. The first-order valence-corrected chi connectivity index (χ1v) is 6.78.